The lowest BCUT2D eigenvalue weighted by Gasteiger charge is -2.31. The van der Waals surface area contributed by atoms with Crippen molar-refractivity contribution >= 4 is 10.0 Å². The molecule has 1 aliphatic rings. The Hall–Kier alpha value is -1.93. The summed E-state index contributed by atoms with van der Waals surface area (Å²) in [5.41, 5.74) is 1.78. The minimum atomic E-state index is -3.55. The Labute approximate surface area is 147 Å². The molecule has 0 aliphatic carbocycles. The number of aryl methyl sites for hydroxylation is 2. The van der Waals surface area contributed by atoms with Gasteiger partial charge >= 0.3 is 5.69 Å². The zero-order chi connectivity index (χ0) is 18.2. The van der Waals surface area contributed by atoms with Crippen LogP contribution in [0.25, 0.3) is 0 Å². The summed E-state index contributed by atoms with van der Waals surface area (Å²) in [6.07, 6.45) is 1.57. The lowest BCUT2D eigenvalue weighted by molar-refractivity contribution is 0.304. The van der Waals surface area contributed by atoms with Gasteiger partial charge < -0.3 is 0 Å². The summed E-state index contributed by atoms with van der Waals surface area (Å²) < 4.78 is 29.1. The van der Waals surface area contributed by atoms with E-state index in [0.717, 1.165) is 24.0 Å². The van der Waals surface area contributed by atoms with E-state index in [9.17, 15) is 13.2 Å². The topological polar surface area (TPSA) is 88.1 Å². The Morgan fingerprint density at radius 1 is 1.28 bits per heavy atom. The van der Waals surface area contributed by atoms with E-state index >= 15 is 0 Å². The molecule has 0 unspecified atom stereocenters. The van der Waals surface area contributed by atoms with Crippen molar-refractivity contribution in [2.75, 3.05) is 13.1 Å². The van der Waals surface area contributed by atoms with Crippen molar-refractivity contribution in [1.82, 2.24) is 19.1 Å². The van der Waals surface area contributed by atoms with Gasteiger partial charge in [-0.1, -0.05) is 6.07 Å². The average molecular weight is 364 g/mol. The van der Waals surface area contributed by atoms with E-state index in [4.69, 9.17) is 0 Å². The first-order valence-electron chi connectivity index (χ1n) is 8.57. The van der Waals surface area contributed by atoms with Crippen LogP contribution >= 0.6 is 0 Å². The number of aromatic amines is 1. The fourth-order valence-electron chi connectivity index (χ4n) is 3.34. The highest BCUT2D eigenvalue weighted by Crippen LogP contribution is 2.29. The van der Waals surface area contributed by atoms with Crippen molar-refractivity contribution in [3.63, 3.8) is 0 Å². The molecule has 3 rings (SSSR count). The molecule has 1 saturated heterocycles. The van der Waals surface area contributed by atoms with Gasteiger partial charge in [0.05, 0.1) is 4.90 Å². The monoisotopic (exact) mass is 364 g/mol. The van der Waals surface area contributed by atoms with Crippen molar-refractivity contribution in [1.29, 1.82) is 0 Å². The third-order valence-electron chi connectivity index (χ3n) is 4.97. The van der Waals surface area contributed by atoms with E-state index < -0.39 is 10.0 Å². The first-order chi connectivity index (χ1) is 11.8. The van der Waals surface area contributed by atoms with Gasteiger partial charge in [-0.3, -0.25) is 4.57 Å². The maximum atomic E-state index is 13.0. The van der Waals surface area contributed by atoms with Gasteiger partial charge in [-0.25, -0.2) is 18.3 Å². The molecule has 8 heteroatoms. The number of hydrogen-bond donors (Lipinski definition) is 1. The molecule has 136 valence electrons. The minimum Gasteiger partial charge on any atom is -0.279 e. The Morgan fingerprint density at radius 3 is 2.72 bits per heavy atom. The third-order valence-corrected chi connectivity index (χ3v) is 6.83. The largest absolute Gasteiger partial charge is 0.343 e. The Morgan fingerprint density at radius 2 is 2.04 bits per heavy atom. The minimum absolute atomic E-state index is 0.0750. The molecule has 2 heterocycles. The van der Waals surface area contributed by atoms with Crippen molar-refractivity contribution in [2.45, 2.75) is 51.0 Å². The molecule has 1 aromatic carbocycles. The Bertz CT molecular complexity index is 930. The van der Waals surface area contributed by atoms with Gasteiger partial charge in [0.1, 0.15) is 5.82 Å². The van der Waals surface area contributed by atoms with Gasteiger partial charge in [-0.05, 0) is 56.9 Å². The van der Waals surface area contributed by atoms with E-state index in [2.05, 4.69) is 10.2 Å². The van der Waals surface area contributed by atoms with Crippen molar-refractivity contribution in [3.05, 3.63) is 45.6 Å². The summed E-state index contributed by atoms with van der Waals surface area (Å²) in [5.74, 6) is 0.571. The van der Waals surface area contributed by atoms with Crippen molar-refractivity contribution in [3.8, 4) is 0 Å². The fraction of sp³-hybridized carbons (Fsp3) is 0.529. The second-order valence-electron chi connectivity index (χ2n) is 6.58. The molecule has 0 spiro atoms. The summed E-state index contributed by atoms with van der Waals surface area (Å²) in [4.78, 5) is 12.1. The highest BCUT2D eigenvalue weighted by molar-refractivity contribution is 7.89. The first-order valence-corrected chi connectivity index (χ1v) is 10.0. The molecule has 1 N–H and O–H groups in total. The maximum Gasteiger partial charge on any atom is 0.343 e. The third kappa shape index (κ3) is 3.28. The zero-order valence-electron chi connectivity index (χ0n) is 14.8. The van der Waals surface area contributed by atoms with Crippen molar-refractivity contribution in [2.24, 2.45) is 0 Å². The van der Waals surface area contributed by atoms with Crippen LogP contribution < -0.4 is 5.69 Å². The summed E-state index contributed by atoms with van der Waals surface area (Å²) in [6.45, 7) is 7.12. The number of sulfonamides is 1. The van der Waals surface area contributed by atoms with Crippen molar-refractivity contribution < 1.29 is 8.42 Å². The van der Waals surface area contributed by atoms with E-state index in [1.807, 2.05) is 26.8 Å². The van der Waals surface area contributed by atoms with Gasteiger partial charge in [0.2, 0.25) is 10.0 Å². The quantitative estimate of drug-likeness (QED) is 0.896. The van der Waals surface area contributed by atoms with E-state index in [0.29, 0.717) is 30.4 Å². The van der Waals surface area contributed by atoms with Crippen LogP contribution in [0.5, 0.6) is 0 Å². The molecular formula is C17H24N4O3S. The van der Waals surface area contributed by atoms with Crippen LogP contribution in [0, 0.1) is 13.8 Å². The molecule has 0 radical (unpaired) electrons. The SMILES string of the molecule is CCn1c([C@H]2CCCN(S(=O)(=O)c3ccc(C)c(C)c3)C2)n[nH]c1=O. The number of rotatable bonds is 4. The number of nitrogens with zero attached hydrogens (tertiary/aromatic N) is 3. The lowest BCUT2D eigenvalue weighted by Crippen LogP contribution is -2.40. The van der Waals surface area contributed by atoms with E-state index in [-0.39, 0.29) is 11.6 Å². The smallest absolute Gasteiger partial charge is 0.279 e. The average Bonchev–Trinajstić information content (AvgIpc) is 2.98. The van der Waals surface area contributed by atoms with E-state index in [1.165, 1.54) is 4.31 Å². The molecule has 1 aromatic heterocycles. The molecule has 0 amide bonds. The molecule has 0 saturated carbocycles. The normalized spacial score (nSPS) is 19.2. The predicted octanol–water partition coefficient (Wildman–Crippen LogP) is 1.78. The number of hydrogen-bond acceptors (Lipinski definition) is 4. The zero-order valence-corrected chi connectivity index (χ0v) is 15.6. The van der Waals surface area contributed by atoms with Crippen LogP contribution in [-0.2, 0) is 16.6 Å². The van der Waals surface area contributed by atoms with E-state index in [1.54, 1.807) is 16.7 Å². The first kappa shape index (κ1) is 17.9. The standard InChI is InChI=1S/C17H24N4O3S/c1-4-21-16(18-19-17(21)22)14-6-5-9-20(11-14)25(23,24)15-8-7-12(2)13(3)10-15/h7-8,10,14H,4-6,9,11H2,1-3H3,(H,19,22)/t14-/m0/s1. The number of benzene rings is 1. The summed E-state index contributed by atoms with van der Waals surface area (Å²) in [6, 6.07) is 5.23. The molecule has 2 aromatic rings. The molecular weight excluding hydrogens is 340 g/mol. The second-order valence-corrected chi connectivity index (χ2v) is 8.52. The molecule has 7 nitrogen and oxygen atoms in total. The molecule has 0 bridgehead atoms. The van der Waals surface area contributed by atoms with Crippen LogP contribution in [0.15, 0.2) is 27.9 Å². The Balaban J connectivity index is 1.90. The highest BCUT2D eigenvalue weighted by atomic mass is 32.2. The van der Waals surface area contributed by atoms with Gasteiger partial charge in [0.25, 0.3) is 0 Å². The molecule has 1 fully saturated rings. The molecule has 1 atom stereocenters. The summed E-state index contributed by atoms with van der Waals surface area (Å²) >= 11 is 0. The second kappa shape index (κ2) is 6.76. The van der Waals surface area contributed by atoms with Crippen LogP contribution in [0.4, 0.5) is 0 Å². The fourth-order valence-corrected chi connectivity index (χ4v) is 4.95. The number of piperidine rings is 1. The Kier molecular flexibility index (Phi) is 4.83. The number of H-pyrrole nitrogens is 1. The van der Waals surface area contributed by atoms with Gasteiger partial charge in [-0.15, -0.1) is 0 Å². The summed E-state index contributed by atoms with van der Waals surface area (Å²) in [7, 11) is -3.55. The van der Waals surface area contributed by atoms with Crippen LogP contribution in [0.3, 0.4) is 0 Å². The highest BCUT2D eigenvalue weighted by Gasteiger charge is 2.33. The van der Waals surface area contributed by atoms with Gasteiger partial charge in [0.15, 0.2) is 0 Å². The maximum absolute atomic E-state index is 13.0. The van der Waals surface area contributed by atoms with Crippen LogP contribution in [0.1, 0.15) is 42.6 Å². The van der Waals surface area contributed by atoms with Gasteiger partial charge in [0, 0.05) is 25.6 Å². The van der Waals surface area contributed by atoms with Crippen LogP contribution in [-0.4, -0.2) is 40.6 Å². The molecule has 1 aliphatic heterocycles. The number of aromatic nitrogens is 3. The number of nitrogens with one attached hydrogen (secondary N) is 1. The van der Waals surface area contributed by atoms with Gasteiger partial charge in [-0.2, -0.15) is 9.40 Å². The molecule has 25 heavy (non-hydrogen) atoms. The summed E-state index contributed by atoms with van der Waals surface area (Å²) in [5, 5.41) is 6.60. The predicted molar refractivity (Wildman–Crippen MR) is 95.2 cm³/mol. The lowest BCUT2D eigenvalue weighted by atomic mass is 9.99. The van der Waals surface area contributed by atoms with Crippen LogP contribution in [0.2, 0.25) is 0 Å².